The Hall–Kier alpha value is -0.420. The molecule has 0 aromatic heterocycles. The van der Waals surface area contributed by atoms with Crippen molar-refractivity contribution in [3.05, 3.63) is 33.4 Å². The summed E-state index contributed by atoms with van der Waals surface area (Å²) in [5.74, 6) is 0.0666. The highest BCUT2D eigenvalue weighted by Crippen LogP contribution is 2.07. The fourth-order valence-corrected chi connectivity index (χ4v) is 1.87. The number of benzene rings is 1. The zero-order valence-corrected chi connectivity index (χ0v) is 12.4. The molecule has 1 rings (SSSR count). The molecule has 0 aliphatic heterocycles. The number of halogens is 1. The van der Waals surface area contributed by atoms with Crippen molar-refractivity contribution in [3.63, 3.8) is 0 Å². The molecule has 2 nitrogen and oxygen atoms in total. The van der Waals surface area contributed by atoms with Gasteiger partial charge in [0.05, 0.1) is 0 Å². The van der Waals surface area contributed by atoms with Crippen molar-refractivity contribution in [2.45, 2.75) is 32.6 Å². The Morgan fingerprint density at radius 3 is 2.53 bits per heavy atom. The lowest BCUT2D eigenvalue weighted by Gasteiger charge is -2.03. The van der Waals surface area contributed by atoms with E-state index in [-0.39, 0.29) is 12.4 Å². The number of ketones is 1. The van der Waals surface area contributed by atoms with Crippen LogP contribution in [0.15, 0.2) is 24.3 Å². The van der Waals surface area contributed by atoms with Crippen molar-refractivity contribution in [3.8, 4) is 0 Å². The summed E-state index contributed by atoms with van der Waals surface area (Å²) in [6, 6.07) is 7.58. The fraction of sp³-hybridized carbons (Fsp3) is 0.500. The molecule has 0 saturated carbocycles. The van der Waals surface area contributed by atoms with E-state index in [4.69, 9.17) is 4.74 Å². The van der Waals surface area contributed by atoms with Crippen LogP contribution < -0.4 is 0 Å². The van der Waals surface area contributed by atoms with E-state index in [1.54, 1.807) is 0 Å². The molecule has 0 unspecified atom stereocenters. The topological polar surface area (TPSA) is 26.3 Å². The van der Waals surface area contributed by atoms with Gasteiger partial charge in [0.25, 0.3) is 0 Å². The monoisotopic (exact) mass is 346 g/mol. The highest BCUT2D eigenvalue weighted by molar-refractivity contribution is 14.1. The van der Waals surface area contributed by atoms with Crippen molar-refractivity contribution >= 4 is 28.4 Å². The van der Waals surface area contributed by atoms with Gasteiger partial charge in [0, 0.05) is 15.7 Å². The maximum atomic E-state index is 11.7. The van der Waals surface area contributed by atoms with Crippen LogP contribution in [0, 0.1) is 3.57 Å². The standard InChI is InChI=1S/C14H19IO2/c1-2-3-4-5-10-17-11-14(16)12-6-8-13(15)9-7-12/h6-9H,2-5,10-11H2,1H3. The molecule has 0 saturated heterocycles. The van der Waals surface area contributed by atoms with Crippen LogP contribution in [0.5, 0.6) is 0 Å². The Balaban J connectivity index is 2.19. The lowest BCUT2D eigenvalue weighted by atomic mass is 10.1. The molecule has 3 heteroatoms. The van der Waals surface area contributed by atoms with E-state index in [1.807, 2.05) is 24.3 Å². The number of hydrogen-bond acceptors (Lipinski definition) is 2. The normalized spacial score (nSPS) is 10.5. The predicted molar refractivity (Wildman–Crippen MR) is 78.5 cm³/mol. The molecule has 0 radical (unpaired) electrons. The van der Waals surface area contributed by atoms with E-state index >= 15 is 0 Å². The second-order valence-corrected chi connectivity index (χ2v) is 5.29. The van der Waals surface area contributed by atoms with E-state index < -0.39 is 0 Å². The summed E-state index contributed by atoms with van der Waals surface area (Å²) in [6.07, 6.45) is 4.71. The lowest BCUT2D eigenvalue weighted by Crippen LogP contribution is -2.09. The van der Waals surface area contributed by atoms with Gasteiger partial charge in [0.15, 0.2) is 5.78 Å². The van der Waals surface area contributed by atoms with Gasteiger partial charge < -0.3 is 4.74 Å². The number of ether oxygens (including phenoxy) is 1. The Kier molecular flexibility index (Phi) is 7.44. The van der Waals surface area contributed by atoms with E-state index in [2.05, 4.69) is 29.5 Å². The molecule has 0 aliphatic carbocycles. The molecule has 0 fully saturated rings. The number of carbonyl (C=O) groups excluding carboxylic acids is 1. The summed E-state index contributed by atoms with van der Waals surface area (Å²) < 4.78 is 6.51. The molecule has 0 amide bonds. The van der Waals surface area contributed by atoms with Gasteiger partial charge in [-0.15, -0.1) is 0 Å². The van der Waals surface area contributed by atoms with Crippen LogP contribution in [0.2, 0.25) is 0 Å². The molecule has 0 heterocycles. The third-order valence-corrected chi connectivity index (χ3v) is 3.26. The first-order valence-electron chi connectivity index (χ1n) is 6.10. The van der Waals surface area contributed by atoms with Crippen LogP contribution in [0.4, 0.5) is 0 Å². The van der Waals surface area contributed by atoms with E-state index in [9.17, 15) is 4.79 Å². The predicted octanol–water partition coefficient (Wildman–Crippen LogP) is 4.07. The van der Waals surface area contributed by atoms with Crippen LogP contribution in [-0.4, -0.2) is 19.0 Å². The Bertz CT molecular complexity index is 333. The highest BCUT2D eigenvalue weighted by Gasteiger charge is 2.05. The zero-order valence-electron chi connectivity index (χ0n) is 10.2. The van der Waals surface area contributed by atoms with Crippen LogP contribution in [0.25, 0.3) is 0 Å². The minimum absolute atomic E-state index is 0.0666. The van der Waals surface area contributed by atoms with E-state index in [0.29, 0.717) is 6.61 Å². The van der Waals surface area contributed by atoms with Crippen molar-refractivity contribution in [2.75, 3.05) is 13.2 Å². The van der Waals surface area contributed by atoms with Crippen LogP contribution in [0.1, 0.15) is 43.0 Å². The maximum absolute atomic E-state index is 11.7. The molecule has 0 bridgehead atoms. The number of hydrogen-bond donors (Lipinski definition) is 0. The van der Waals surface area contributed by atoms with E-state index in [1.165, 1.54) is 19.3 Å². The number of rotatable bonds is 8. The van der Waals surface area contributed by atoms with Crippen LogP contribution >= 0.6 is 22.6 Å². The first kappa shape index (κ1) is 14.6. The summed E-state index contributed by atoms with van der Waals surface area (Å²) in [5, 5.41) is 0. The van der Waals surface area contributed by atoms with Gasteiger partial charge in [0.1, 0.15) is 6.61 Å². The Labute approximate surface area is 117 Å². The summed E-state index contributed by atoms with van der Waals surface area (Å²) in [5.41, 5.74) is 0.735. The van der Waals surface area contributed by atoms with Crippen LogP contribution in [0.3, 0.4) is 0 Å². The minimum Gasteiger partial charge on any atom is -0.373 e. The average molecular weight is 346 g/mol. The molecule has 0 aliphatic rings. The second-order valence-electron chi connectivity index (χ2n) is 4.04. The lowest BCUT2D eigenvalue weighted by molar-refractivity contribution is 0.0752. The smallest absolute Gasteiger partial charge is 0.188 e. The Morgan fingerprint density at radius 2 is 1.88 bits per heavy atom. The van der Waals surface area contributed by atoms with Gasteiger partial charge in [-0.3, -0.25) is 4.79 Å². The molecule has 0 spiro atoms. The minimum atomic E-state index is 0.0666. The van der Waals surface area contributed by atoms with Gasteiger partial charge >= 0.3 is 0 Å². The zero-order chi connectivity index (χ0) is 12.5. The molecule has 94 valence electrons. The molecule has 0 N–H and O–H groups in total. The van der Waals surface area contributed by atoms with Gasteiger partial charge in [-0.1, -0.05) is 38.3 Å². The van der Waals surface area contributed by atoms with Crippen molar-refractivity contribution in [1.82, 2.24) is 0 Å². The van der Waals surface area contributed by atoms with Crippen molar-refractivity contribution in [2.24, 2.45) is 0 Å². The maximum Gasteiger partial charge on any atom is 0.188 e. The van der Waals surface area contributed by atoms with Gasteiger partial charge in [-0.2, -0.15) is 0 Å². The van der Waals surface area contributed by atoms with Gasteiger partial charge in [-0.05, 0) is 41.1 Å². The highest BCUT2D eigenvalue weighted by atomic mass is 127. The molecule has 1 aromatic rings. The Morgan fingerprint density at radius 1 is 1.18 bits per heavy atom. The largest absolute Gasteiger partial charge is 0.373 e. The number of Topliss-reactive ketones (excluding diaryl/α,β-unsaturated/α-hetero) is 1. The first-order chi connectivity index (χ1) is 8.24. The average Bonchev–Trinajstić information content (AvgIpc) is 2.34. The van der Waals surface area contributed by atoms with Crippen LogP contribution in [-0.2, 0) is 4.74 Å². The number of unbranched alkanes of at least 4 members (excludes halogenated alkanes) is 3. The SMILES string of the molecule is CCCCCCOCC(=O)c1ccc(I)cc1. The molecule has 17 heavy (non-hydrogen) atoms. The summed E-state index contributed by atoms with van der Waals surface area (Å²) in [4.78, 5) is 11.7. The molecule has 0 atom stereocenters. The second kappa shape index (κ2) is 8.64. The summed E-state index contributed by atoms with van der Waals surface area (Å²) in [7, 11) is 0. The quantitative estimate of drug-likeness (QED) is 0.403. The molecular formula is C14H19IO2. The number of carbonyl (C=O) groups is 1. The first-order valence-corrected chi connectivity index (χ1v) is 7.18. The third-order valence-electron chi connectivity index (χ3n) is 2.54. The van der Waals surface area contributed by atoms with Gasteiger partial charge in [0.2, 0.25) is 0 Å². The fourth-order valence-electron chi connectivity index (χ4n) is 1.51. The molecule has 1 aromatic carbocycles. The summed E-state index contributed by atoms with van der Waals surface area (Å²) in [6.45, 7) is 3.07. The van der Waals surface area contributed by atoms with E-state index in [0.717, 1.165) is 15.6 Å². The van der Waals surface area contributed by atoms with Gasteiger partial charge in [-0.25, -0.2) is 0 Å². The summed E-state index contributed by atoms with van der Waals surface area (Å²) >= 11 is 2.22. The third kappa shape index (κ3) is 6.17. The van der Waals surface area contributed by atoms with Crippen molar-refractivity contribution in [1.29, 1.82) is 0 Å². The van der Waals surface area contributed by atoms with Crippen molar-refractivity contribution < 1.29 is 9.53 Å². The molecular weight excluding hydrogens is 327 g/mol.